The lowest BCUT2D eigenvalue weighted by Crippen LogP contribution is -2.45. The molecule has 5 heteroatoms. The lowest BCUT2D eigenvalue weighted by atomic mass is 9.87. The molecule has 1 atom stereocenters. The van der Waals surface area contributed by atoms with Gasteiger partial charge in [0.2, 0.25) is 0 Å². The lowest BCUT2D eigenvalue weighted by molar-refractivity contribution is -0.150. The summed E-state index contributed by atoms with van der Waals surface area (Å²) in [7, 11) is 5.67. The van der Waals surface area contributed by atoms with Crippen LogP contribution in [-0.2, 0) is 14.3 Å². The van der Waals surface area contributed by atoms with E-state index in [2.05, 4.69) is 23.9 Å². The second-order valence-corrected chi connectivity index (χ2v) is 6.59. The van der Waals surface area contributed by atoms with E-state index in [1.54, 1.807) is 0 Å². The molecule has 0 aromatic rings. The first-order valence-corrected chi connectivity index (χ1v) is 8.22. The molecule has 1 unspecified atom stereocenters. The van der Waals surface area contributed by atoms with Crippen molar-refractivity contribution in [2.24, 2.45) is 5.92 Å². The first-order chi connectivity index (χ1) is 10.1. The predicted molar refractivity (Wildman–Crippen MR) is 82.0 cm³/mol. The van der Waals surface area contributed by atoms with E-state index in [4.69, 9.17) is 9.47 Å². The Morgan fingerprint density at radius 3 is 2.33 bits per heavy atom. The number of likely N-dealkylation sites (N-methyl/N-ethyl adjacent to an activating group) is 1. The lowest BCUT2D eigenvalue weighted by Gasteiger charge is -2.35. The van der Waals surface area contributed by atoms with Crippen LogP contribution in [0.3, 0.4) is 0 Å². The average Bonchev–Trinajstić information content (AvgIpc) is 3.00. The fourth-order valence-electron chi connectivity index (χ4n) is 3.41. The minimum atomic E-state index is -0.0576. The molecule has 2 fully saturated rings. The van der Waals surface area contributed by atoms with Gasteiger partial charge in [0.15, 0.2) is 0 Å². The number of carbonyl (C=O) groups excluding carboxylic acids is 1. The van der Waals surface area contributed by atoms with E-state index < -0.39 is 0 Å². The van der Waals surface area contributed by atoms with Gasteiger partial charge in [0.1, 0.15) is 6.23 Å². The molecular weight excluding hydrogens is 268 g/mol. The predicted octanol–water partition coefficient (Wildman–Crippen LogP) is 1.72. The van der Waals surface area contributed by atoms with Gasteiger partial charge in [-0.1, -0.05) is 0 Å². The highest BCUT2D eigenvalue weighted by Crippen LogP contribution is 2.28. The molecule has 1 aliphatic heterocycles. The molecule has 21 heavy (non-hydrogen) atoms. The quantitative estimate of drug-likeness (QED) is 0.699. The van der Waals surface area contributed by atoms with Crippen molar-refractivity contribution in [2.45, 2.75) is 50.9 Å². The maximum Gasteiger partial charge on any atom is 0.308 e. The molecule has 5 nitrogen and oxygen atoms in total. The Morgan fingerprint density at radius 1 is 1.19 bits per heavy atom. The number of ether oxygens (including phenoxy) is 2. The number of hydrogen-bond acceptors (Lipinski definition) is 5. The minimum Gasteiger partial charge on any atom is -0.469 e. The molecule has 122 valence electrons. The van der Waals surface area contributed by atoms with E-state index in [9.17, 15) is 4.79 Å². The number of rotatable bonds is 6. The van der Waals surface area contributed by atoms with Gasteiger partial charge in [-0.3, -0.25) is 9.69 Å². The first kappa shape index (κ1) is 16.7. The molecule has 1 aliphatic carbocycles. The van der Waals surface area contributed by atoms with Gasteiger partial charge in [0.25, 0.3) is 0 Å². The molecule has 1 saturated carbocycles. The van der Waals surface area contributed by atoms with Crippen LogP contribution in [0.1, 0.15) is 38.5 Å². The molecule has 0 aromatic carbocycles. The van der Waals surface area contributed by atoms with Crippen molar-refractivity contribution in [3.8, 4) is 0 Å². The van der Waals surface area contributed by atoms with Gasteiger partial charge >= 0.3 is 5.97 Å². The standard InChI is InChI=1S/C16H30N2O3/c1-17(2)12-15(18-10-4-5-11-18)21-14-8-6-13(7-9-14)16(19)20-3/h13-15H,4-12H2,1-3H3. The summed E-state index contributed by atoms with van der Waals surface area (Å²) in [4.78, 5) is 16.2. The monoisotopic (exact) mass is 298 g/mol. The Labute approximate surface area is 128 Å². The van der Waals surface area contributed by atoms with E-state index in [1.165, 1.54) is 20.0 Å². The van der Waals surface area contributed by atoms with Crippen LogP contribution in [0.25, 0.3) is 0 Å². The Morgan fingerprint density at radius 2 is 1.81 bits per heavy atom. The normalized spacial score (nSPS) is 28.8. The zero-order valence-electron chi connectivity index (χ0n) is 13.7. The van der Waals surface area contributed by atoms with Gasteiger partial charge in [0, 0.05) is 19.6 Å². The fourth-order valence-corrected chi connectivity index (χ4v) is 3.41. The van der Waals surface area contributed by atoms with Gasteiger partial charge in [-0.2, -0.15) is 0 Å². The summed E-state index contributed by atoms with van der Waals surface area (Å²) in [5.41, 5.74) is 0. The van der Waals surface area contributed by atoms with Crippen LogP contribution >= 0.6 is 0 Å². The summed E-state index contributed by atoms with van der Waals surface area (Å²) in [5.74, 6) is 0.0202. The van der Waals surface area contributed by atoms with Crippen molar-refractivity contribution in [3.05, 3.63) is 0 Å². The van der Waals surface area contributed by atoms with Gasteiger partial charge in [-0.15, -0.1) is 0 Å². The summed E-state index contributed by atoms with van der Waals surface area (Å²) in [6.07, 6.45) is 6.77. The highest BCUT2D eigenvalue weighted by molar-refractivity contribution is 5.72. The third kappa shape index (κ3) is 4.94. The Balaban J connectivity index is 1.82. The van der Waals surface area contributed by atoms with E-state index in [0.717, 1.165) is 45.3 Å². The van der Waals surface area contributed by atoms with E-state index in [-0.39, 0.29) is 24.2 Å². The summed E-state index contributed by atoms with van der Waals surface area (Å²) < 4.78 is 11.2. The van der Waals surface area contributed by atoms with Crippen LogP contribution in [-0.4, -0.2) is 68.9 Å². The van der Waals surface area contributed by atoms with Crippen LogP contribution in [0.4, 0.5) is 0 Å². The Kier molecular flexibility index (Phi) is 6.45. The number of methoxy groups -OCH3 is 1. The molecule has 0 aromatic heterocycles. The maximum absolute atomic E-state index is 11.6. The van der Waals surface area contributed by atoms with Crippen LogP contribution in [0.5, 0.6) is 0 Å². The molecule has 2 aliphatic rings. The molecule has 2 rings (SSSR count). The summed E-state index contributed by atoms with van der Waals surface area (Å²) >= 11 is 0. The zero-order chi connectivity index (χ0) is 15.2. The highest BCUT2D eigenvalue weighted by Gasteiger charge is 2.31. The molecule has 0 bridgehead atoms. The number of carbonyl (C=O) groups is 1. The zero-order valence-corrected chi connectivity index (χ0v) is 13.7. The smallest absolute Gasteiger partial charge is 0.308 e. The van der Waals surface area contributed by atoms with Crippen LogP contribution in [0, 0.1) is 5.92 Å². The first-order valence-electron chi connectivity index (χ1n) is 8.22. The summed E-state index contributed by atoms with van der Waals surface area (Å²) in [5, 5.41) is 0. The molecule has 0 spiro atoms. The average molecular weight is 298 g/mol. The van der Waals surface area contributed by atoms with Gasteiger partial charge in [-0.05, 0) is 52.6 Å². The van der Waals surface area contributed by atoms with Crippen LogP contribution in [0.15, 0.2) is 0 Å². The number of nitrogens with zero attached hydrogens (tertiary/aromatic N) is 2. The van der Waals surface area contributed by atoms with Crippen molar-refractivity contribution < 1.29 is 14.3 Å². The van der Waals surface area contributed by atoms with Crippen molar-refractivity contribution in [3.63, 3.8) is 0 Å². The van der Waals surface area contributed by atoms with Crippen LogP contribution in [0.2, 0.25) is 0 Å². The van der Waals surface area contributed by atoms with Crippen molar-refractivity contribution >= 4 is 5.97 Å². The molecular formula is C16H30N2O3. The molecule has 0 N–H and O–H groups in total. The second-order valence-electron chi connectivity index (χ2n) is 6.59. The molecule has 0 amide bonds. The largest absolute Gasteiger partial charge is 0.469 e. The number of hydrogen-bond donors (Lipinski definition) is 0. The minimum absolute atomic E-state index is 0.0576. The topological polar surface area (TPSA) is 42.0 Å². The van der Waals surface area contributed by atoms with Crippen LogP contribution < -0.4 is 0 Å². The molecule has 1 saturated heterocycles. The third-order valence-electron chi connectivity index (χ3n) is 4.63. The van der Waals surface area contributed by atoms with E-state index in [0.29, 0.717) is 0 Å². The third-order valence-corrected chi connectivity index (χ3v) is 4.63. The number of esters is 1. The second kappa shape index (κ2) is 8.11. The SMILES string of the molecule is COC(=O)C1CCC(OC(CN(C)C)N2CCCC2)CC1. The van der Waals surface area contributed by atoms with Crippen molar-refractivity contribution in [1.29, 1.82) is 0 Å². The van der Waals surface area contributed by atoms with Crippen molar-refractivity contribution in [1.82, 2.24) is 9.80 Å². The van der Waals surface area contributed by atoms with E-state index >= 15 is 0 Å². The Hall–Kier alpha value is -0.650. The van der Waals surface area contributed by atoms with Gasteiger partial charge in [-0.25, -0.2) is 0 Å². The van der Waals surface area contributed by atoms with Crippen molar-refractivity contribution in [2.75, 3.05) is 40.8 Å². The van der Waals surface area contributed by atoms with Gasteiger partial charge < -0.3 is 14.4 Å². The number of likely N-dealkylation sites (tertiary alicyclic amines) is 1. The summed E-state index contributed by atoms with van der Waals surface area (Å²) in [6.45, 7) is 3.24. The summed E-state index contributed by atoms with van der Waals surface area (Å²) in [6, 6.07) is 0. The molecule has 0 radical (unpaired) electrons. The maximum atomic E-state index is 11.6. The highest BCUT2D eigenvalue weighted by atomic mass is 16.5. The van der Waals surface area contributed by atoms with E-state index in [1.807, 2.05) is 0 Å². The Bertz CT molecular complexity index is 321. The molecule has 1 heterocycles. The fraction of sp³-hybridized carbons (Fsp3) is 0.938. The van der Waals surface area contributed by atoms with Gasteiger partial charge in [0.05, 0.1) is 19.1 Å².